The van der Waals surface area contributed by atoms with Gasteiger partial charge in [0.05, 0.1) is 7.11 Å². The number of hydrogen-bond acceptors (Lipinski definition) is 5. The minimum Gasteiger partial charge on any atom is -0.497 e. The average Bonchev–Trinajstić information content (AvgIpc) is 2.52. The van der Waals surface area contributed by atoms with Crippen LogP contribution in [0.1, 0.15) is 20.3 Å². The first-order valence-electron chi connectivity index (χ1n) is 6.87. The van der Waals surface area contributed by atoms with Gasteiger partial charge >= 0.3 is 11.9 Å². The van der Waals surface area contributed by atoms with Crippen molar-refractivity contribution in [3.63, 3.8) is 0 Å². The van der Waals surface area contributed by atoms with E-state index < -0.39 is 11.9 Å². The van der Waals surface area contributed by atoms with Crippen molar-refractivity contribution in [2.75, 3.05) is 20.3 Å². The fourth-order valence-electron chi connectivity index (χ4n) is 1.29. The topological polar surface area (TPSA) is 105 Å². The zero-order valence-corrected chi connectivity index (χ0v) is 13.0. The van der Waals surface area contributed by atoms with Gasteiger partial charge in [0.2, 0.25) is 0 Å². The Hall–Kier alpha value is -2.28. The van der Waals surface area contributed by atoms with E-state index in [0.717, 1.165) is 24.5 Å². The number of rotatable bonds is 7. The third kappa shape index (κ3) is 9.60. The molecule has 1 atom stereocenters. The lowest BCUT2D eigenvalue weighted by Crippen LogP contribution is -2.29. The summed E-state index contributed by atoms with van der Waals surface area (Å²) >= 11 is 0. The van der Waals surface area contributed by atoms with Crippen molar-refractivity contribution in [2.45, 2.75) is 26.3 Å². The van der Waals surface area contributed by atoms with Gasteiger partial charge in [0.25, 0.3) is 0 Å². The highest BCUT2D eigenvalue weighted by Gasteiger charge is 2.04. The van der Waals surface area contributed by atoms with E-state index in [1.54, 1.807) is 7.11 Å². The van der Waals surface area contributed by atoms with Crippen LogP contribution in [-0.4, -0.2) is 48.5 Å². The minimum atomic E-state index is -1.82. The molecule has 0 amide bonds. The van der Waals surface area contributed by atoms with Crippen LogP contribution in [0, 0.1) is 0 Å². The maximum atomic E-state index is 9.10. The largest absolute Gasteiger partial charge is 0.497 e. The second kappa shape index (κ2) is 11.4. The van der Waals surface area contributed by atoms with E-state index in [1.165, 1.54) is 0 Å². The zero-order valence-electron chi connectivity index (χ0n) is 13.0. The summed E-state index contributed by atoms with van der Waals surface area (Å²) in [4.78, 5) is 18.2. The molecule has 0 aliphatic carbocycles. The summed E-state index contributed by atoms with van der Waals surface area (Å²) in [6.07, 6.45) is 1.14. The highest BCUT2D eigenvalue weighted by molar-refractivity contribution is 6.27. The molecule has 1 unspecified atom stereocenters. The second-order valence-electron chi connectivity index (χ2n) is 4.40. The van der Waals surface area contributed by atoms with Gasteiger partial charge in [-0.2, -0.15) is 0 Å². The molecule has 0 aliphatic rings. The Morgan fingerprint density at radius 1 is 1.14 bits per heavy atom. The number of ether oxygens (including phenoxy) is 2. The number of aliphatic carboxylic acids is 2. The number of carbonyl (C=O) groups is 2. The van der Waals surface area contributed by atoms with Crippen LogP contribution in [0.4, 0.5) is 0 Å². The number of benzene rings is 1. The monoisotopic (exact) mass is 313 g/mol. The first-order chi connectivity index (χ1) is 10.4. The molecule has 0 fully saturated rings. The third-order valence-corrected chi connectivity index (χ3v) is 2.72. The summed E-state index contributed by atoms with van der Waals surface area (Å²) in [5.41, 5.74) is 0. The molecule has 0 aliphatic heterocycles. The molecule has 1 aromatic rings. The fraction of sp³-hybridized carbons (Fsp3) is 0.467. The number of carboxylic acids is 2. The highest BCUT2D eigenvalue weighted by Crippen LogP contribution is 2.16. The molecule has 22 heavy (non-hydrogen) atoms. The number of methoxy groups -OCH3 is 1. The molecular weight excluding hydrogens is 290 g/mol. The molecule has 0 aromatic heterocycles. The lowest BCUT2D eigenvalue weighted by molar-refractivity contribution is -0.159. The first-order valence-corrected chi connectivity index (χ1v) is 6.87. The predicted octanol–water partition coefficient (Wildman–Crippen LogP) is 1.62. The van der Waals surface area contributed by atoms with Crippen LogP contribution in [0.15, 0.2) is 24.3 Å². The number of nitrogens with one attached hydrogen (secondary N) is 1. The zero-order chi connectivity index (χ0) is 17.0. The summed E-state index contributed by atoms with van der Waals surface area (Å²) < 4.78 is 10.7. The molecule has 124 valence electrons. The lowest BCUT2D eigenvalue weighted by atomic mass is 10.3. The van der Waals surface area contributed by atoms with Crippen molar-refractivity contribution in [1.82, 2.24) is 5.32 Å². The van der Waals surface area contributed by atoms with E-state index in [-0.39, 0.29) is 0 Å². The van der Waals surface area contributed by atoms with Crippen molar-refractivity contribution in [3.8, 4) is 11.5 Å². The Labute approximate surface area is 129 Å². The maximum absolute atomic E-state index is 9.10. The molecule has 0 radical (unpaired) electrons. The van der Waals surface area contributed by atoms with Gasteiger partial charge in [-0.05, 0) is 37.6 Å². The quantitative estimate of drug-likeness (QED) is 0.519. The van der Waals surface area contributed by atoms with Crippen molar-refractivity contribution in [1.29, 1.82) is 0 Å². The van der Waals surface area contributed by atoms with Gasteiger partial charge in [-0.1, -0.05) is 6.92 Å². The van der Waals surface area contributed by atoms with E-state index in [4.69, 9.17) is 29.3 Å². The standard InChI is InChI=1S/C13H21NO2.C2H2O4/c1-4-11(2)14-9-10-16-13-7-5-12(15-3)6-8-13;3-1(4)2(5)6/h5-8,11,14H,4,9-10H2,1-3H3;(H,3,4)(H,5,6). The van der Waals surface area contributed by atoms with Crippen LogP contribution < -0.4 is 14.8 Å². The normalized spacial score (nSPS) is 10.9. The van der Waals surface area contributed by atoms with Gasteiger partial charge in [0, 0.05) is 12.6 Å². The smallest absolute Gasteiger partial charge is 0.414 e. The number of hydrogen-bond donors (Lipinski definition) is 3. The van der Waals surface area contributed by atoms with Crippen LogP contribution in [0.25, 0.3) is 0 Å². The maximum Gasteiger partial charge on any atom is 0.414 e. The van der Waals surface area contributed by atoms with Crippen LogP contribution in [0.3, 0.4) is 0 Å². The van der Waals surface area contributed by atoms with Crippen LogP contribution in [0.2, 0.25) is 0 Å². The molecule has 0 spiro atoms. The first kappa shape index (κ1) is 19.7. The molecule has 0 saturated heterocycles. The molecular formula is C15H23NO6. The molecule has 0 saturated carbocycles. The SMILES string of the molecule is CCC(C)NCCOc1ccc(OC)cc1.O=C(O)C(=O)O. The summed E-state index contributed by atoms with van der Waals surface area (Å²) in [5.74, 6) is -1.91. The van der Waals surface area contributed by atoms with Gasteiger partial charge in [-0.25, -0.2) is 9.59 Å². The van der Waals surface area contributed by atoms with Crippen molar-refractivity contribution in [2.24, 2.45) is 0 Å². The van der Waals surface area contributed by atoms with Gasteiger partial charge in [0.15, 0.2) is 0 Å². The van der Waals surface area contributed by atoms with E-state index in [1.807, 2.05) is 24.3 Å². The molecule has 1 aromatic carbocycles. The lowest BCUT2D eigenvalue weighted by Gasteiger charge is -2.12. The average molecular weight is 313 g/mol. The summed E-state index contributed by atoms with van der Waals surface area (Å²) in [7, 11) is 1.66. The van der Waals surface area contributed by atoms with Gasteiger partial charge in [-0.3, -0.25) is 0 Å². The Kier molecular flexibility index (Phi) is 10.2. The minimum absolute atomic E-state index is 0.555. The molecule has 7 heteroatoms. The van der Waals surface area contributed by atoms with E-state index in [9.17, 15) is 0 Å². The van der Waals surface area contributed by atoms with Crippen LogP contribution >= 0.6 is 0 Å². The summed E-state index contributed by atoms with van der Waals surface area (Å²) in [5, 5.41) is 18.2. The molecule has 7 nitrogen and oxygen atoms in total. The van der Waals surface area contributed by atoms with Crippen LogP contribution in [-0.2, 0) is 9.59 Å². The predicted molar refractivity (Wildman–Crippen MR) is 81.5 cm³/mol. The van der Waals surface area contributed by atoms with Crippen molar-refractivity contribution >= 4 is 11.9 Å². The third-order valence-electron chi connectivity index (χ3n) is 2.72. The Morgan fingerprint density at radius 3 is 2.05 bits per heavy atom. The second-order valence-corrected chi connectivity index (χ2v) is 4.40. The molecule has 1 rings (SSSR count). The van der Waals surface area contributed by atoms with Gasteiger partial charge in [0.1, 0.15) is 18.1 Å². The van der Waals surface area contributed by atoms with E-state index in [0.29, 0.717) is 12.6 Å². The van der Waals surface area contributed by atoms with Crippen molar-refractivity contribution in [3.05, 3.63) is 24.3 Å². The molecule has 0 bridgehead atoms. The van der Waals surface area contributed by atoms with E-state index >= 15 is 0 Å². The van der Waals surface area contributed by atoms with Crippen molar-refractivity contribution < 1.29 is 29.3 Å². The summed E-state index contributed by atoms with van der Waals surface area (Å²) in [6, 6.07) is 8.19. The Bertz CT molecular complexity index is 434. The Morgan fingerprint density at radius 2 is 1.64 bits per heavy atom. The molecule has 0 heterocycles. The number of carboxylic acid groups (broad SMARTS) is 2. The Balaban J connectivity index is 0.000000626. The van der Waals surface area contributed by atoms with Gasteiger partial charge in [-0.15, -0.1) is 0 Å². The van der Waals surface area contributed by atoms with Gasteiger partial charge < -0.3 is 25.0 Å². The van der Waals surface area contributed by atoms with Crippen LogP contribution in [0.5, 0.6) is 11.5 Å². The highest BCUT2D eigenvalue weighted by atomic mass is 16.5. The molecule has 3 N–H and O–H groups in total. The summed E-state index contributed by atoms with van der Waals surface area (Å²) in [6.45, 7) is 5.91. The fourth-order valence-corrected chi connectivity index (χ4v) is 1.29. The van der Waals surface area contributed by atoms with E-state index in [2.05, 4.69) is 19.2 Å².